The van der Waals surface area contributed by atoms with Gasteiger partial charge in [-0.2, -0.15) is 0 Å². The van der Waals surface area contributed by atoms with E-state index in [2.05, 4.69) is 193 Å². The van der Waals surface area contributed by atoms with Gasteiger partial charge in [0.15, 0.2) is 5.58 Å². The summed E-state index contributed by atoms with van der Waals surface area (Å²) in [5, 5.41) is 0. The third-order valence-electron chi connectivity index (χ3n) is 13.5. The first-order valence-electron chi connectivity index (χ1n) is 23.7. The molecular weight excluding hydrogens is 862 g/mol. The van der Waals surface area contributed by atoms with Gasteiger partial charge in [0.1, 0.15) is 5.52 Å². The number of nitrogens with two attached hydrogens (primary N) is 2. The van der Waals surface area contributed by atoms with Gasteiger partial charge in [-0.15, -0.1) is 0 Å². The zero-order valence-electron chi connectivity index (χ0n) is 38.7. The van der Waals surface area contributed by atoms with Gasteiger partial charge in [0, 0.05) is 5.69 Å². The Hall–Kier alpha value is -7.81. The first kappa shape index (κ1) is 43.7. The summed E-state index contributed by atoms with van der Waals surface area (Å²) in [5.74, 6) is 3.00. The summed E-state index contributed by atoms with van der Waals surface area (Å²) < 4.78 is 6.11. The van der Waals surface area contributed by atoms with E-state index in [9.17, 15) is 0 Å². The van der Waals surface area contributed by atoms with Crippen molar-refractivity contribution in [2.75, 3.05) is 15.5 Å². The number of hydrogen-bond acceptors (Lipinski definition) is 7. The number of thioether (sulfide) groups is 1. The van der Waals surface area contributed by atoms with Crippen LogP contribution in [0.4, 0.5) is 28.4 Å². The fourth-order valence-corrected chi connectivity index (χ4v) is 11.3. The molecule has 0 bridgehead atoms. The molecule has 11 rings (SSSR count). The average Bonchev–Trinajstić information content (AvgIpc) is 3.93. The van der Waals surface area contributed by atoms with Gasteiger partial charge in [0.25, 0.3) is 0 Å². The molecule has 4 N–H and O–H groups in total. The first-order valence-corrected chi connectivity index (χ1v) is 24.6. The fraction of sp³-hybridized carbons (Fsp3) is 0.115. The quantitative estimate of drug-likeness (QED) is 0.0717. The Morgan fingerprint density at radius 3 is 2.30 bits per heavy atom. The number of nitrogens with zero attached hydrogens (tertiary/aromatic N) is 3. The van der Waals surface area contributed by atoms with Crippen LogP contribution in [-0.4, -0.2) is 17.9 Å². The van der Waals surface area contributed by atoms with E-state index >= 15 is 0 Å². The van der Waals surface area contributed by atoms with Crippen LogP contribution in [0.15, 0.2) is 226 Å². The third kappa shape index (κ3) is 8.57. The van der Waals surface area contributed by atoms with Gasteiger partial charge in [-0.05, 0) is 36.4 Å². The van der Waals surface area contributed by atoms with Crippen molar-refractivity contribution in [1.29, 1.82) is 0 Å². The molecule has 3 atom stereocenters. The van der Waals surface area contributed by atoms with E-state index in [1.54, 1.807) is 6.20 Å². The Kier molecular flexibility index (Phi) is 12.1. The molecule has 8 heteroatoms. The molecule has 0 saturated heterocycles. The van der Waals surface area contributed by atoms with Crippen molar-refractivity contribution in [3.63, 3.8) is 0 Å². The number of fused-ring (bicyclic) bond motifs is 5. The van der Waals surface area contributed by atoms with Gasteiger partial charge in [0.05, 0.1) is 11.4 Å². The minimum atomic E-state index is -0.0794. The summed E-state index contributed by atoms with van der Waals surface area (Å²) in [6.45, 7) is 6.66. The second-order valence-corrected chi connectivity index (χ2v) is 18.9. The predicted octanol–water partition coefficient (Wildman–Crippen LogP) is 15.0. The molecule has 336 valence electrons. The monoisotopic (exact) mass is 913 g/mol. The topological polar surface area (TPSA) is 84.5 Å². The van der Waals surface area contributed by atoms with E-state index < -0.39 is 0 Å². The molecular formula is C61H52BN5OS. The molecule has 1 aliphatic carbocycles. The van der Waals surface area contributed by atoms with Crippen molar-refractivity contribution in [2.45, 2.75) is 49.4 Å². The van der Waals surface area contributed by atoms with Gasteiger partial charge >= 0.3 is 299 Å². The molecule has 3 heterocycles. The summed E-state index contributed by atoms with van der Waals surface area (Å²) in [6, 6.07) is 58.0. The normalized spacial score (nSPS) is 15.9. The molecule has 6 nitrogen and oxygen atoms in total. The molecule has 0 saturated carbocycles. The molecule has 8 aromatic rings. The summed E-state index contributed by atoms with van der Waals surface area (Å²) in [4.78, 5) is 12.1. The van der Waals surface area contributed by atoms with Crippen LogP contribution in [0.25, 0.3) is 28.6 Å². The van der Waals surface area contributed by atoms with Crippen LogP contribution in [-0.2, 0) is 0 Å². The molecule has 0 spiro atoms. The number of hydrogen-bond donors (Lipinski definition) is 2. The number of allylic oxidation sites excluding steroid dienone is 8. The van der Waals surface area contributed by atoms with E-state index in [0.717, 1.165) is 69.1 Å². The fourth-order valence-electron chi connectivity index (χ4n) is 10.1. The van der Waals surface area contributed by atoms with E-state index in [1.165, 1.54) is 43.3 Å². The third-order valence-corrected chi connectivity index (χ3v) is 14.7. The van der Waals surface area contributed by atoms with Crippen LogP contribution in [0.2, 0.25) is 0 Å². The summed E-state index contributed by atoms with van der Waals surface area (Å²) in [7, 11) is 0. The van der Waals surface area contributed by atoms with Gasteiger partial charge in [-0.3, -0.25) is 0 Å². The molecule has 1 aromatic heterocycles. The van der Waals surface area contributed by atoms with Crippen molar-refractivity contribution in [2.24, 2.45) is 5.73 Å². The molecule has 7 aromatic carbocycles. The molecule has 2 aliphatic heterocycles. The number of para-hydroxylation sites is 5. The zero-order valence-corrected chi connectivity index (χ0v) is 39.6. The molecule has 0 amide bonds. The molecule has 3 unspecified atom stereocenters. The second kappa shape index (κ2) is 19.1. The van der Waals surface area contributed by atoms with E-state index in [-0.39, 0.29) is 17.8 Å². The minimum absolute atomic E-state index is 0.0275. The molecule has 69 heavy (non-hydrogen) atoms. The average molecular weight is 914 g/mol. The van der Waals surface area contributed by atoms with Crippen molar-refractivity contribution < 1.29 is 4.42 Å². The summed E-state index contributed by atoms with van der Waals surface area (Å²) in [6.07, 6.45) is 17.0. The number of anilines is 5. The number of nitrogen functional groups attached to an aromatic ring is 1. The first-order chi connectivity index (χ1) is 33.9. The van der Waals surface area contributed by atoms with Crippen molar-refractivity contribution in [3.05, 3.63) is 250 Å². The van der Waals surface area contributed by atoms with E-state index in [1.807, 2.05) is 55.1 Å². The maximum absolute atomic E-state index is 6.60. The van der Waals surface area contributed by atoms with Crippen molar-refractivity contribution >= 4 is 70.3 Å². The van der Waals surface area contributed by atoms with Crippen LogP contribution in [0.5, 0.6) is 0 Å². The Balaban J connectivity index is 0.893. The van der Waals surface area contributed by atoms with Crippen LogP contribution in [0, 0.1) is 0 Å². The Morgan fingerprint density at radius 1 is 0.783 bits per heavy atom. The molecule has 0 radical (unpaired) electrons. The van der Waals surface area contributed by atoms with Crippen LogP contribution in [0.3, 0.4) is 0 Å². The molecule has 3 aliphatic rings. The van der Waals surface area contributed by atoms with Crippen molar-refractivity contribution in [1.82, 2.24) is 4.98 Å². The predicted molar refractivity (Wildman–Crippen MR) is 292 cm³/mol. The number of benzene rings is 7. The second-order valence-electron chi connectivity index (χ2n) is 17.8. The van der Waals surface area contributed by atoms with E-state index in [4.69, 9.17) is 20.9 Å². The van der Waals surface area contributed by atoms with Crippen LogP contribution >= 0.6 is 11.8 Å². The Morgan fingerprint density at radius 2 is 1.54 bits per heavy atom. The Bertz CT molecular complexity index is 3350. The number of rotatable bonds is 12. The Labute approximate surface area is 409 Å². The number of aromatic nitrogens is 1. The maximum atomic E-state index is 6.60. The summed E-state index contributed by atoms with van der Waals surface area (Å²) >= 11 is 1.88. The SMILES string of the molecule is C/C=C\C(=C/N)C(c1ccc(-c2nc3ccccc3o2)cc1)c1ccc2c(c1)C=C1Sc3cc(N(C4=CC=CCC4)c4ccc(C(C)N(c5ccccc5)c5ccccc5N)cc4)ccc3C1B=C2. The van der Waals surface area contributed by atoms with Gasteiger partial charge in [-0.25, -0.2) is 0 Å². The zero-order chi connectivity index (χ0) is 46.8. The van der Waals surface area contributed by atoms with Gasteiger partial charge < -0.3 is 5.73 Å². The number of oxazole rings is 1. The summed E-state index contributed by atoms with van der Waals surface area (Å²) in [5.41, 5.74) is 30.2. The van der Waals surface area contributed by atoms with E-state index in [0.29, 0.717) is 5.89 Å². The molecule has 0 fully saturated rings. The van der Waals surface area contributed by atoms with Gasteiger partial charge in [-0.1, -0.05) is 42.5 Å². The van der Waals surface area contributed by atoms with Gasteiger partial charge in [0.2, 0.25) is 0 Å². The van der Waals surface area contributed by atoms with Crippen LogP contribution < -0.4 is 21.3 Å². The van der Waals surface area contributed by atoms with Crippen molar-refractivity contribution in [3.8, 4) is 11.5 Å². The standard InChI is InChI=1S/C61H52BN5OS/c1-3-14-46(39-63)59(42-23-25-43(26-24-42)61-65-54-20-11-13-22-56(54)68-61)44-27-28-45-38-62-60-52-34-33-51(37-57(52)69-58(60)36-47(45)35-44)67(49-17-8-5-9-18-49)50-31-29-41(30-32-50)40(2)66(48-15-6-4-7-16-48)55-21-12-10-19-53(55)64/h3-8,10-17,19-40,59-60H,9,18,63-64H2,1-2H3/b14-3-,46-39+. The van der Waals surface area contributed by atoms with Crippen LogP contribution in [0.1, 0.15) is 77.8 Å².